The fourth-order valence-corrected chi connectivity index (χ4v) is 6.07. The molecule has 0 N–H and O–H groups in total. The molecule has 39 heavy (non-hydrogen) atoms. The first-order chi connectivity index (χ1) is 18.8. The molecule has 200 valence electrons. The van der Waals surface area contributed by atoms with E-state index in [0.717, 1.165) is 34.4 Å². The van der Waals surface area contributed by atoms with Crippen LogP contribution in [0.5, 0.6) is 5.75 Å². The van der Waals surface area contributed by atoms with E-state index in [1.54, 1.807) is 23.3 Å². The summed E-state index contributed by atoms with van der Waals surface area (Å²) in [5.74, 6) is 0.572. The number of thiophene rings is 1. The summed E-state index contributed by atoms with van der Waals surface area (Å²) >= 11 is 1.74. The predicted molar refractivity (Wildman–Crippen MR) is 157 cm³/mol. The zero-order valence-corrected chi connectivity index (χ0v) is 23.7. The van der Waals surface area contributed by atoms with Crippen LogP contribution in [0.15, 0.2) is 90.3 Å². The molecule has 5 nitrogen and oxygen atoms in total. The summed E-state index contributed by atoms with van der Waals surface area (Å²) in [7, 11) is 1.65. The van der Waals surface area contributed by atoms with Crippen LogP contribution in [-0.2, 0) is 11.2 Å². The summed E-state index contributed by atoms with van der Waals surface area (Å²) in [4.78, 5) is 32.7. The molecule has 0 aliphatic carbocycles. The molecule has 5 rings (SSSR count). The van der Waals surface area contributed by atoms with Gasteiger partial charge in [0.25, 0.3) is 5.91 Å². The van der Waals surface area contributed by atoms with Crippen LogP contribution in [0.2, 0.25) is 0 Å². The molecule has 0 fully saturated rings. The molecule has 1 aliphatic rings. The normalized spacial score (nSPS) is 15.0. The average molecular weight is 539 g/mol. The molecule has 0 saturated carbocycles. The van der Waals surface area contributed by atoms with Crippen LogP contribution >= 0.6 is 11.3 Å². The number of rotatable bonds is 6. The number of nitrogens with zero attached hydrogens (tertiary/aromatic N) is 2. The minimum atomic E-state index is -0.538. The summed E-state index contributed by atoms with van der Waals surface area (Å²) in [6.07, 6.45) is 0.815. The van der Waals surface area contributed by atoms with Gasteiger partial charge in [-0.3, -0.25) is 9.59 Å². The van der Waals surface area contributed by atoms with Gasteiger partial charge in [-0.2, -0.15) is 0 Å². The molecule has 2 heterocycles. The van der Waals surface area contributed by atoms with Gasteiger partial charge in [0.1, 0.15) is 12.3 Å². The van der Waals surface area contributed by atoms with Crippen LogP contribution in [0.3, 0.4) is 0 Å². The van der Waals surface area contributed by atoms with E-state index in [1.807, 2.05) is 105 Å². The lowest BCUT2D eigenvalue weighted by Gasteiger charge is -2.40. The maximum Gasteiger partial charge on any atom is 0.254 e. The van der Waals surface area contributed by atoms with Crippen molar-refractivity contribution in [3.8, 4) is 16.9 Å². The summed E-state index contributed by atoms with van der Waals surface area (Å²) < 4.78 is 5.35. The third-order valence-corrected chi connectivity index (χ3v) is 8.30. The van der Waals surface area contributed by atoms with Crippen molar-refractivity contribution in [2.75, 3.05) is 20.2 Å². The van der Waals surface area contributed by atoms with E-state index in [1.165, 1.54) is 4.88 Å². The zero-order chi connectivity index (χ0) is 27.6. The fourth-order valence-electron chi connectivity index (χ4n) is 5.16. The van der Waals surface area contributed by atoms with Crippen molar-refractivity contribution in [3.05, 3.63) is 112 Å². The molecule has 1 aliphatic heterocycles. The van der Waals surface area contributed by atoms with E-state index in [9.17, 15) is 9.59 Å². The molecule has 0 saturated heterocycles. The first-order valence-corrected chi connectivity index (χ1v) is 14.1. The van der Waals surface area contributed by atoms with E-state index >= 15 is 0 Å². The first-order valence-electron chi connectivity index (χ1n) is 13.2. The average Bonchev–Trinajstić information content (AvgIpc) is 3.44. The standard InChI is InChI=1S/C33H34N2O3S/c1-33(2,3)35(32(37)26-12-10-24(11-13-26)23-8-6-5-7-9-23)22-30(36)34-20-18-29-28(19-21-39-29)31(34)25-14-16-27(38-4)17-15-25/h5-17,19,21,31H,18,20,22H2,1-4H3. The van der Waals surface area contributed by atoms with Crippen LogP contribution in [0.1, 0.15) is 53.2 Å². The summed E-state index contributed by atoms with van der Waals surface area (Å²) in [6.45, 7) is 6.55. The topological polar surface area (TPSA) is 49.9 Å². The molecule has 0 radical (unpaired) electrons. The molecule has 0 bridgehead atoms. The molecule has 4 aromatic rings. The van der Waals surface area contributed by atoms with Crippen LogP contribution in [0.4, 0.5) is 0 Å². The lowest BCUT2D eigenvalue weighted by molar-refractivity contribution is -0.135. The Kier molecular flexibility index (Phi) is 7.58. The smallest absolute Gasteiger partial charge is 0.254 e. The lowest BCUT2D eigenvalue weighted by Crippen LogP contribution is -2.52. The van der Waals surface area contributed by atoms with Gasteiger partial charge in [0.05, 0.1) is 13.2 Å². The second-order valence-corrected chi connectivity index (χ2v) is 11.8. The van der Waals surface area contributed by atoms with Crippen molar-refractivity contribution < 1.29 is 14.3 Å². The number of ether oxygens (including phenoxy) is 1. The number of amides is 2. The van der Waals surface area contributed by atoms with E-state index < -0.39 is 5.54 Å². The van der Waals surface area contributed by atoms with Crippen LogP contribution in [0.25, 0.3) is 11.1 Å². The molecule has 0 spiro atoms. The number of fused-ring (bicyclic) bond motifs is 1. The molecular formula is C33H34N2O3S. The lowest BCUT2D eigenvalue weighted by atomic mass is 9.93. The van der Waals surface area contributed by atoms with Crippen molar-refractivity contribution >= 4 is 23.2 Å². The molecule has 3 aromatic carbocycles. The van der Waals surface area contributed by atoms with E-state index in [-0.39, 0.29) is 24.4 Å². The third-order valence-electron chi connectivity index (χ3n) is 7.31. The van der Waals surface area contributed by atoms with Gasteiger partial charge in [0.2, 0.25) is 5.91 Å². The summed E-state index contributed by atoms with van der Waals surface area (Å²) in [5.41, 5.74) is 4.38. The van der Waals surface area contributed by atoms with E-state index in [4.69, 9.17) is 4.74 Å². The zero-order valence-electron chi connectivity index (χ0n) is 22.9. The SMILES string of the molecule is COc1ccc(C2c3ccsc3CCN2C(=O)CN(C(=O)c2ccc(-c3ccccc3)cc2)C(C)(C)C)cc1. The van der Waals surface area contributed by atoms with Gasteiger partial charge >= 0.3 is 0 Å². The van der Waals surface area contributed by atoms with Crippen molar-refractivity contribution in [3.63, 3.8) is 0 Å². The quantitative estimate of drug-likeness (QED) is 0.270. The Bertz CT molecular complexity index is 1440. The Morgan fingerprint density at radius 1 is 0.923 bits per heavy atom. The van der Waals surface area contributed by atoms with Crippen molar-refractivity contribution in [1.29, 1.82) is 0 Å². The van der Waals surface area contributed by atoms with Crippen LogP contribution in [-0.4, -0.2) is 47.4 Å². The van der Waals surface area contributed by atoms with Gasteiger partial charge < -0.3 is 14.5 Å². The Balaban J connectivity index is 1.41. The Morgan fingerprint density at radius 3 is 2.23 bits per heavy atom. The largest absolute Gasteiger partial charge is 0.497 e. The van der Waals surface area contributed by atoms with Gasteiger partial charge in [-0.05, 0) is 85.2 Å². The minimum Gasteiger partial charge on any atom is -0.497 e. The third kappa shape index (κ3) is 5.62. The van der Waals surface area contributed by atoms with Gasteiger partial charge in [0, 0.05) is 22.5 Å². The van der Waals surface area contributed by atoms with E-state index in [2.05, 4.69) is 11.4 Å². The van der Waals surface area contributed by atoms with Gasteiger partial charge in [0.15, 0.2) is 0 Å². The van der Waals surface area contributed by atoms with Gasteiger partial charge in [-0.25, -0.2) is 0 Å². The van der Waals surface area contributed by atoms with Crippen molar-refractivity contribution in [1.82, 2.24) is 9.80 Å². The highest BCUT2D eigenvalue weighted by Gasteiger charge is 2.36. The number of methoxy groups -OCH3 is 1. The number of hydrogen-bond acceptors (Lipinski definition) is 4. The van der Waals surface area contributed by atoms with Crippen LogP contribution in [0, 0.1) is 0 Å². The highest BCUT2D eigenvalue weighted by Crippen LogP contribution is 2.38. The molecular weight excluding hydrogens is 504 g/mol. The van der Waals surface area contributed by atoms with Gasteiger partial charge in [-0.1, -0.05) is 54.6 Å². The van der Waals surface area contributed by atoms with Crippen molar-refractivity contribution in [2.45, 2.75) is 38.8 Å². The first kappa shape index (κ1) is 26.7. The number of hydrogen-bond donors (Lipinski definition) is 0. The van der Waals surface area contributed by atoms with Crippen LogP contribution < -0.4 is 4.74 Å². The predicted octanol–water partition coefficient (Wildman–Crippen LogP) is 6.84. The van der Waals surface area contributed by atoms with Gasteiger partial charge in [-0.15, -0.1) is 11.3 Å². The highest BCUT2D eigenvalue weighted by molar-refractivity contribution is 7.10. The fraction of sp³-hybridized carbons (Fsp3) is 0.273. The molecule has 2 amide bonds. The van der Waals surface area contributed by atoms with Crippen molar-refractivity contribution in [2.24, 2.45) is 0 Å². The molecule has 6 heteroatoms. The Labute approximate surface area is 234 Å². The Hall–Kier alpha value is -3.90. The van der Waals surface area contributed by atoms with E-state index in [0.29, 0.717) is 12.1 Å². The molecule has 1 atom stereocenters. The highest BCUT2D eigenvalue weighted by atomic mass is 32.1. The maximum absolute atomic E-state index is 14.0. The summed E-state index contributed by atoms with van der Waals surface area (Å²) in [6, 6.07) is 27.6. The monoisotopic (exact) mass is 538 g/mol. The number of carbonyl (C=O) groups excluding carboxylic acids is 2. The minimum absolute atomic E-state index is 0.00882. The Morgan fingerprint density at radius 2 is 1.59 bits per heavy atom. The molecule has 1 unspecified atom stereocenters. The second-order valence-electron chi connectivity index (χ2n) is 10.8. The molecule has 1 aromatic heterocycles. The number of benzene rings is 3. The maximum atomic E-state index is 14.0. The second kappa shape index (κ2) is 11.1. The number of carbonyl (C=O) groups is 2. The summed E-state index contributed by atoms with van der Waals surface area (Å²) in [5, 5.41) is 2.10.